The van der Waals surface area contributed by atoms with Crippen LogP contribution >= 0.6 is 0 Å². The third-order valence-corrected chi connectivity index (χ3v) is 8.90. The first-order chi connectivity index (χ1) is 19.0. The number of anilines is 2. The Hall–Kier alpha value is -3.69. The zero-order valence-electron chi connectivity index (χ0n) is 23.5. The van der Waals surface area contributed by atoms with Crippen LogP contribution in [0.2, 0.25) is 0 Å². The number of nitrogens with one attached hydrogen (secondary N) is 2. The van der Waals surface area contributed by atoms with Gasteiger partial charge in [-0.25, -0.2) is 8.42 Å². The van der Waals surface area contributed by atoms with E-state index in [0.29, 0.717) is 30.0 Å². The number of rotatable bonds is 7. The minimum atomic E-state index is -3.75. The summed E-state index contributed by atoms with van der Waals surface area (Å²) in [4.78, 5) is 26.2. The monoisotopic (exact) mass is 563 g/mol. The molecule has 8 nitrogen and oxygen atoms in total. The molecule has 1 heterocycles. The fourth-order valence-corrected chi connectivity index (χ4v) is 6.20. The van der Waals surface area contributed by atoms with E-state index in [1.54, 1.807) is 36.4 Å². The highest BCUT2D eigenvalue weighted by Crippen LogP contribution is 2.28. The number of hydrogen-bond acceptors (Lipinski definition) is 5. The molecule has 1 fully saturated rings. The van der Waals surface area contributed by atoms with Crippen LogP contribution in [0.25, 0.3) is 0 Å². The number of ether oxygens (including phenoxy) is 1. The van der Waals surface area contributed by atoms with Crippen molar-refractivity contribution in [3.05, 3.63) is 83.4 Å². The predicted molar refractivity (Wildman–Crippen MR) is 158 cm³/mol. The number of hydrogen-bond donors (Lipinski definition) is 2. The summed E-state index contributed by atoms with van der Waals surface area (Å²) >= 11 is 0. The van der Waals surface area contributed by atoms with Crippen molar-refractivity contribution in [2.75, 3.05) is 30.8 Å². The third kappa shape index (κ3) is 6.89. The highest BCUT2D eigenvalue weighted by atomic mass is 32.2. The Balaban J connectivity index is 1.51. The predicted octanol–water partition coefficient (Wildman–Crippen LogP) is 6.06. The Bertz CT molecular complexity index is 1470. The van der Waals surface area contributed by atoms with Gasteiger partial charge in [0.25, 0.3) is 11.8 Å². The summed E-state index contributed by atoms with van der Waals surface area (Å²) in [5.74, 6) is -0.529. The number of methoxy groups -OCH3 is 1. The summed E-state index contributed by atoms with van der Waals surface area (Å²) in [6.07, 6.45) is 3.65. The van der Waals surface area contributed by atoms with Crippen LogP contribution in [0.3, 0.4) is 0 Å². The van der Waals surface area contributed by atoms with Crippen molar-refractivity contribution in [1.82, 2.24) is 4.31 Å². The molecular formula is C31H37N3O5S. The summed E-state index contributed by atoms with van der Waals surface area (Å²) in [6.45, 7) is 7.28. The van der Waals surface area contributed by atoms with Crippen LogP contribution in [0.4, 0.5) is 11.4 Å². The Kier molecular flexibility index (Phi) is 8.95. The lowest BCUT2D eigenvalue weighted by Gasteiger charge is -2.20. The smallest absolute Gasteiger partial charge is 0.259 e. The van der Waals surface area contributed by atoms with E-state index in [0.717, 1.165) is 31.2 Å². The highest BCUT2D eigenvalue weighted by Gasteiger charge is 2.27. The Morgan fingerprint density at radius 1 is 0.800 bits per heavy atom. The van der Waals surface area contributed by atoms with Gasteiger partial charge in [0.1, 0.15) is 5.75 Å². The van der Waals surface area contributed by atoms with Gasteiger partial charge in [-0.2, -0.15) is 4.31 Å². The molecule has 0 radical (unpaired) electrons. The zero-order valence-corrected chi connectivity index (χ0v) is 24.3. The lowest BCUT2D eigenvalue weighted by molar-refractivity contribution is 0.101. The number of sulfonamides is 1. The van der Waals surface area contributed by atoms with Gasteiger partial charge in [0.2, 0.25) is 10.0 Å². The lowest BCUT2D eigenvalue weighted by atomic mass is 9.87. The fourth-order valence-electron chi connectivity index (χ4n) is 4.65. The second kappa shape index (κ2) is 12.2. The molecule has 3 aromatic rings. The molecule has 4 rings (SSSR count). The molecule has 9 heteroatoms. The van der Waals surface area contributed by atoms with Crippen molar-refractivity contribution < 1.29 is 22.7 Å². The van der Waals surface area contributed by atoms with Gasteiger partial charge in [0.15, 0.2) is 0 Å². The van der Waals surface area contributed by atoms with Gasteiger partial charge < -0.3 is 15.4 Å². The minimum absolute atomic E-state index is 0.0130. The normalized spacial score (nSPS) is 14.7. The molecule has 0 unspecified atom stereocenters. The number of amides is 2. The Labute approximate surface area is 236 Å². The maximum Gasteiger partial charge on any atom is 0.259 e. The largest absolute Gasteiger partial charge is 0.496 e. The first-order valence-electron chi connectivity index (χ1n) is 13.5. The molecule has 1 aliphatic rings. The summed E-state index contributed by atoms with van der Waals surface area (Å²) in [7, 11) is -2.32. The van der Waals surface area contributed by atoms with E-state index in [-0.39, 0.29) is 27.5 Å². The number of carbonyl (C=O) groups is 2. The van der Waals surface area contributed by atoms with E-state index in [9.17, 15) is 18.0 Å². The molecule has 0 saturated carbocycles. The molecule has 0 atom stereocenters. The van der Waals surface area contributed by atoms with Crippen molar-refractivity contribution in [3.8, 4) is 5.75 Å². The molecule has 1 aliphatic heterocycles. The van der Waals surface area contributed by atoms with Crippen LogP contribution in [0.1, 0.15) is 72.7 Å². The molecule has 0 aromatic heterocycles. The second-order valence-corrected chi connectivity index (χ2v) is 12.9. The van der Waals surface area contributed by atoms with Crippen LogP contribution in [0.15, 0.2) is 71.6 Å². The summed E-state index contributed by atoms with van der Waals surface area (Å²) in [6, 6.07) is 18.6. The van der Waals surface area contributed by atoms with E-state index < -0.39 is 15.9 Å². The van der Waals surface area contributed by atoms with E-state index in [2.05, 4.69) is 31.4 Å². The quantitative estimate of drug-likeness (QED) is 0.364. The number of benzene rings is 3. The van der Waals surface area contributed by atoms with Crippen molar-refractivity contribution in [1.29, 1.82) is 0 Å². The summed E-state index contributed by atoms with van der Waals surface area (Å²) in [5.41, 5.74) is 2.69. The van der Waals surface area contributed by atoms with Crippen molar-refractivity contribution in [2.45, 2.75) is 56.8 Å². The average molecular weight is 564 g/mol. The van der Waals surface area contributed by atoms with E-state index >= 15 is 0 Å². The maximum atomic E-state index is 13.3. The molecule has 2 N–H and O–H groups in total. The standard InChI is InChI=1S/C31H37N3O5S/c1-31(2,3)23-14-12-22(13-15-23)29(35)32-24-10-9-11-25(20-24)33-30(36)27-21-26(16-17-28(27)39-4)40(37,38)34-18-7-5-6-8-19-34/h9-17,20-21H,5-8,18-19H2,1-4H3,(H,32,35)(H,33,36). The number of nitrogens with zero attached hydrogens (tertiary/aromatic N) is 1. The molecule has 40 heavy (non-hydrogen) atoms. The Morgan fingerprint density at radius 3 is 1.98 bits per heavy atom. The van der Waals surface area contributed by atoms with Crippen LogP contribution in [-0.2, 0) is 15.4 Å². The zero-order chi connectivity index (χ0) is 28.9. The van der Waals surface area contributed by atoms with Gasteiger partial charge in [-0.3, -0.25) is 9.59 Å². The van der Waals surface area contributed by atoms with Crippen LogP contribution in [0.5, 0.6) is 5.75 Å². The highest BCUT2D eigenvalue weighted by molar-refractivity contribution is 7.89. The molecule has 0 bridgehead atoms. The summed E-state index contributed by atoms with van der Waals surface area (Å²) < 4.78 is 33.5. The Morgan fingerprint density at radius 2 is 1.40 bits per heavy atom. The molecule has 3 aromatic carbocycles. The molecular weight excluding hydrogens is 526 g/mol. The van der Waals surface area contributed by atoms with Gasteiger partial charge >= 0.3 is 0 Å². The molecule has 212 valence electrons. The molecule has 2 amide bonds. The average Bonchev–Trinajstić information content (AvgIpc) is 3.23. The summed E-state index contributed by atoms with van der Waals surface area (Å²) in [5, 5.41) is 5.66. The lowest BCUT2D eigenvalue weighted by Crippen LogP contribution is -2.32. The first-order valence-corrected chi connectivity index (χ1v) is 14.9. The van der Waals surface area contributed by atoms with Gasteiger partial charge in [0.05, 0.1) is 17.6 Å². The second-order valence-electron chi connectivity index (χ2n) is 11.0. The third-order valence-electron chi connectivity index (χ3n) is 7.01. The molecule has 0 spiro atoms. The van der Waals surface area contributed by atoms with Gasteiger partial charge in [-0.15, -0.1) is 0 Å². The SMILES string of the molecule is COc1ccc(S(=O)(=O)N2CCCCCC2)cc1C(=O)Nc1cccc(NC(=O)c2ccc(C(C)(C)C)cc2)c1. The van der Waals surface area contributed by atoms with Crippen LogP contribution < -0.4 is 15.4 Å². The molecule has 1 saturated heterocycles. The maximum absolute atomic E-state index is 13.3. The fraction of sp³-hybridized carbons (Fsp3) is 0.355. The van der Waals surface area contributed by atoms with E-state index in [1.807, 2.05) is 12.1 Å². The van der Waals surface area contributed by atoms with E-state index in [4.69, 9.17) is 4.74 Å². The number of carbonyl (C=O) groups excluding carboxylic acids is 2. The minimum Gasteiger partial charge on any atom is -0.496 e. The van der Waals surface area contributed by atoms with Gasteiger partial charge in [-0.1, -0.05) is 51.8 Å². The van der Waals surface area contributed by atoms with Crippen molar-refractivity contribution in [2.24, 2.45) is 0 Å². The van der Waals surface area contributed by atoms with Crippen LogP contribution in [0, 0.1) is 0 Å². The van der Waals surface area contributed by atoms with E-state index in [1.165, 1.54) is 29.6 Å². The first kappa shape index (κ1) is 29.3. The van der Waals surface area contributed by atoms with Crippen molar-refractivity contribution >= 4 is 33.2 Å². The topological polar surface area (TPSA) is 105 Å². The van der Waals surface area contributed by atoms with Gasteiger partial charge in [-0.05, 0) is 72.4 Å². The van der Waals surface area contributed by atoms with Crippen LogP contribution in [-0.4, -0.2) is 44.7 Å². The molecule has 0 aliphatic carbocycles. The van der Waals surface area contributed by atoms with Crippen molar-refractivity contribution in [3.63, 3.8) is 0 Å². The van der Waals surface area contributed by atoms with Gasteiger partial charge in [0, 0.05) is 30.0 Å².